The molecule has 0 aliphatic carbocycles. The van der Waals surface area contributed by atoms with Crippen LogP contribution in [-0.4, -0.2) is 9.97 Å². The van der Waals surface area contributed by atoms with Gasteiger partial charge in [0.15, 0.2) is 0 Å². The molecule has 0 bridgehead atoms. The van der Waals surface area contributed by atoms with Crippen LogP contribution < -0.4 is 0 Å². The number of benzene rings is 2. The highest BCUT2D eigenvalue weighted by atomic mass is 127. The van der Waals surface area contributed by atoms with E-state index in [0.717, 1.165) is 17.5 Å². The number of pyridine rings is 2. The van der Waals surface area contributed by atoms with E-state index in [9.17, 15) is 0 Å². The summed E-state index contributed by atoms with van der Waals surface area (Å²) in [5.74, 6) is 0. The first-order chi connectivity index (χ1) is 15.6. The molecular formula is C30H38I2N2. The van der Waals surface area contributed by atoms with Crippen LogP contribution in [0.1, 0.15) is 76.3 Å². The predicted molar refractivity (Wildman–Crippen MR) is 168 cm³/mol. The molecule has 0 unspecified atom stereocenters. The van der Waals surface area contributed by atoms with E-state index >= 15 is 0 Å². The quantitative estimate of drug-likeness (QED) is 0.117. The van der Waals surface area contributed by atoms with Gasteiger partial charge < -0.3 is 0 Å². The van der Waals surface area contributed by atoms with Crippen LogP contribution in [0.4, 0.5) is 0 Å². The van der Waals surface area contributed by atoms with E-state index in [0.29, 0.717) is 0 Å². The molecule has 2 nitrogen and oxygen atoms in total. The van der Waals surface area contributed by atoms with E-state index < -0.39 is 0 Å². The Morgan fingerprint density at radius 1 is 0.588 bits per heavy atom. The Morgan fingerprint density at radius 2 is 1.12 bits per heavy atom. The van der Waals surface area contributed by atoms with Crippen LogP contribution in [0, 0.1) is 0 Å². The molecule has 34 heavy (non-hydrogen) atoms. The Morgan fingerprint density at radius 3 is 1.82 bits per heavy atom. The van der Waals surface area contributed by atoms with Crippen molar-refractivity contribution < 1.29 is 0 Å². The van der Waals surface area contributed by atoms with Crippen molar-refractivity contribution in [2.24, 2.45) is 0 Å². The molecule has 2 aromatic heterocycles. The minimum atomic E-state index is 0. The summed E-state index contributed by atoms with van der Waals surface area (Å²) in [6.07, 6.45) is 15.6. The molecule has 2 heterocycles. The summed E-state index contributed by atoms with van der Waals surface area (Å²) in [5.41, 5.74) is 5.30. The number of fused-ring (bicyclic) bond motifs is 2. The van der Waals surface area contributed by atoms with E-state index in [1.807, 2.05) is 12.4 Å². The average Bonchev–Trinajstić information content (AvgIpc) is 2.82. The van der Waals surface area contributed by atoms with Gasteiger partial charge in [-0.05, 0) is 60.1 Å². The van der Waals surface area contributed by atoms with Crippen molar-refractivity contribution in [2.75, 3.05) is 0 Å². The topological polar surface area (TPSA) is 25.8 Å². The van der Waals surface area contributed by atoms with Gasteiger partial charge in [-0.3, -0.25) is 9.97 Å². The zero-order valence-corrected chi connectivity index (χ0v) is 25.2. The Bertz CT molecular complexity index is 1150. The van der Waals surface area contributed by atoms with E-state index in [-0.39, 0.29) is 53.4 Å². The lowest BCUT2D eigenvalue weighted by atomic mass is 9.78. The van der Waals surface area contributed by atoms with E-state index in [4.69, 9.17) is 0 Å². The van der Waals surface area contributed by atoms with Gasteiger partial charge in [0.2, 0.25) is 0 Å². The molecule has 0 N–H and O–H groups in total. The van der Waals surface area contributed by atoms with Crippen LogP contribution in [0.25, 0.3) is 21.8 Å². The van der Waals surface area contributed by atoms with Crippen LogP contribution in [0.5, 0.6) is 0 Å². The fourth-order valence-electron chi connectivity index (χ4n) is 4.96. The lowest BCUT2D eigenvalue weighted by molar-refractivity contribution is 0.444. The largest absolute Gasteiger partial charge is 0.256 e. The Hall–Kier alpha value is -1.28. The molecule has 0 aliphatic rings. The standard InChI is InChI=1S/C30H36N2.2HI/c1-30(2,27-20-23-32-29-18-12-10-16-26(27)29)21-13-7-5-3-4-6-8-14-24-19-22-31-28-17-11-9-15-25(24)28;;/h9-12,15-20,22-23H,3-8,13-14,21H2,1-2H3;2*1H. The van der Waals surface area contributed by atoms with E-state index in [1.54, 1.807) is 0 Å². The van der Waals surface area contributed by atoms with Crippen molar-refractivity contribution in [3.05, 3.63) is 84.2 Å². The Labute approximate surface area is 239 Å². The molecule has 0 saturated carbocycles. The lowest BCUT2D eigenvalue weighted by Crippen LogP contribution is -2.17. The van der Waals surface area contributed by atoms with E-state index in [2.05, 4.69) is 84.5 Å². The number of unbranched alkanes of at least 4 members (excludes halogenated alkanes) is 6. The number of halogens is 2. The maximum Gasteiger partial charge on any atom is 0.0704 e. The van der Waals surface area contributed by atoms with Gasteiger partial charge in [0.05, 0.1) is 11.0 Å². The summed E-state index contributed by atoms with van der Waals surface area (Å²) in [6.45, 7) is 4.77. The smallest absolute Gasteiger partial charge is 0.0704 e. The third-order valence-corrected chi connectivity index (χ3v) is 6.87. The van der Waals surface area contributed by atoms with Crippen LogP contribution >= 0.6 is 48.0 Å². The normalized spacial score (nSPS) is 11.2. The summed E-state index contributed by atoms with van der Waals surface area (Å²) >= 11 is 0. The highest BCUT2D eigenvalue weighted by Crippen LogP contribution is 2.33. The number of aromatic nitrogens is 2. The molecule has 0 radical (unpaired) electrons. The van der Waals surface area contributed by atoms with Crippen LogP contribution in [0.15, 0.2) is 73.1 Å². The SMILES string of the molecule is CC(C)(CCCCCCCCCc1ccnc2ccccc12)c1ccnc2ccccc12.I.I. The molecule has 0 saturated heterocycles. The van der Waals surface area contributed by atoms with Gasteiger partial charge in [0, 0.05) is 23.2 Å². The maximum atomic E-state index is 4.53. The van der Waals surface area contributed by atoms with Crippen molar-refractivity contribution in [1.29, 1.82) is 0 Å². The van der Waals surface area contributed by atoms with Crippen LogP contribution in [0.2, 0.25) is 0 Å². The summed E-state index contributed by atoms with van der Waals surface area (Å²) in [7, 11) is 0. The number of aryl methyl sites for hydroxylation is 1. The maximum absolute atomic E-state index is 4.53. The number of para-hydroxylation sites is 2. The Kier molecular flexibility index (Phi) is 12.2. The second-order valence-electron chi connectivity index (χ2n) is 9.72. The zero-order chi connectivity index (χ0) is 22.2. The molecule has 0 aliphatic heterocycles. The molecule has 0 fully saturated rings. The second-order valence-corrected chi connectivity index (χ2v) is 9.72. The van der Waals surface area contributed by atoms with E-state index in [1.165, 1.54) is 73.3 Å². The highest BCUT2D eigenvalue weighted by molar-refractivity contribution is 14.0. The number of rotatable bonds is 11. The van der Waals surface area contributed by atoms with Crippen molar-refractivity contribution in [2.45, 2.75) is 77.0 Å². The predicted octanol–water partition coefficient (Wildman–Crippen LogP) is 9.66. The number of nitrogens with zero attached hydrogens (tertiary/aromatic N) is 2. The van der Waals surface area contributed by atoms with Crippen molar-refractivity contribution in [3.8, 4) is 0 Å². The van der Waals surface area contributed by atoms with Crippen molar-refractivity contribution in [3.63, 3.8) is 0 Å². The van der Waals surface area contributed by atoms with Crippen molar-refractivity contribution >= 4 is 69.8 Å². The molecule has 2 aromatic carbocycles. The number of hydrogen-bond donors (Lipinski definition) is 0. The summed E-state index contributed by atoms with van der Waals surface area (Å²) < 4.78 is 0. The first kappa shape index (κ1) is 29.0. The van der Waals surface area contributed by atoms with Gasteiger partial charge >= 0.3 is 0 Å². The second kappa shape index (κ2) is 14.3. The fraction of sp³-hybridized carbons (Fsp3) is 0.400. The van der Waals surface area contributed by atoms with Gasteiger partial charge in [0.1, 0.15) is 0 Å². The minimum Gasteiger partial charge on any atom is -0.256 e. The molecule has 0 spiro atoms. The molecular weight excluding hydrogens is 642 g/mol. The van der Waals surface area contributed by atoms with Gasteiger partial charge in [-0.2, -0.15) is 0 Å². The van der Waals surface area contributed by atoms with Gasteiger partial charge in [0.25, 0.3) is 0 Å². The Balaban J connectivity index is 0.00000204. The molecule has 182 valence electrons. The molecule has 0 atom stereocenters. The van der Waals surface area contributed by atoms with Gasteiger partial charge in [-0.25, -0.2) is 0 Å². The van der Waals surface area contributed by atoms with Gasteiger partial charge in [-0.15, -0.1) is 48.0 Å². The molecule has 4 aromatic rings. The lowest BCUT2D eigenvalue weighted by Gasteiger charge is -2.26. The third kappa shape index (κ3) is 7.61. The summed E-state index contributed by atoms with van der Waals surface area (Å²) in [5, 5.41) is 2.63. The first-order valence-electron chi connectivity index (χ1n) is 12.3. The van der Waals surface area contributed by atoms with Crippen molar-refractivity contribution in [1.82, 2.24) is 9.97 Å². The average molecular weight is 680 g/mol. The fourth-order valence-corrected chi connectivity index (χ4v) is 4.96. The summed E-state index contributed by atoms with van der Waals surface area (Å²) in [4.78, 5) is 9.01. The monoisotopic (exact) mass is 680 g/mol. The highest BCUT2D eigenvalue weighted by Gasteiger charge is 2.22. The third-order valence-electron chi connectivity index (χ3n) is 6.87. The molecule has 0 amide bonds. The zero-order valence-electron chi connectivity index (χ0n) is 20.5. The van der Waals surface area contributed by atoms with Crippen LogP contribution in [-0.2, 0) is 11.8 Å². The molecule has 4 heteroatoms. The summed E-state index contributed by atoms with van der Waals surface area (Å²) in [6, 6.07) is 21.4. The van der Waals surface area contributed by atoms with Crippen LogP contribution in [0.3, 0.4) is 0 Å². The number of hydrogen-bond acceptors (Lipinski definition) is 2. The van der Waals surface area contributed by atoms with Gasteiger partial charge in [-0.1, -0.05) is 88.8 Å². The molecule has 4 rings (SSSR count). The first-order valence-corrected chi connectivity index (χ1v) is 12.3. The minimum absolute atomic E-state index is 0.